The van der Waals surface area contributed by atoms with Crippen LogP contribution in [0.15, 0.2) is 59.2 Å². The monoisotopic (exact) mass is 384 g/mol. The predicted molar refractivity (Wildman–Crippen MR) is 104 cm³/mol. The maximum atomic E-state index is 12.6. The highest BCUT2D eigenvalue weighted by atomic mass is 35.5. The molecule has 138 valence electrons. The molecule has 2 aromatic carbocycles. The lowest BCUT2D eigenvalue weighted by molar-refractivity contribution is 0.0993. The Bertz CT molecular complexity index is 984. The van der Waals surface area contributed by atoms with Crippen LogP contribution < -0.4 is 15.4 Å². The molecular formula is C20H17ClN2O4. The first-order chi connectivity index (χ1) is 13.0. The predicted octanol–water partition coefficient (Wildman–Crippen LogP) is 4.75. The van der Waals surface area contributed by atoms with Gasteiger partial charge in [0.2, 0.25) is 0 Å². The lowest BCUT2D eigenvalue weighted by Gasteiger charge is -2.12. The number of hydrogen-bond acceptors (Lipinski definition) is 4. The number of carbonyl (C=O) groups excluding carboxylic acids is 2. The van der Waals surface area contributed by atoms with Gasteiger partial charge in [0.25, 0.3) is 11.8 Å². The van der Waals surface area contributed by atoms with Crippen molar-refractivity contribution in [2.24, 2.45) is 0 Å². The summed E-state index contributed by atoms with van der Waals surface area (Å²) in [5.41, 5.74) is 2.16. The van der Waals surface area contributed by atoms with Crippen LogP contribution in [0.4, 0.5) is 11.4 Å². The molecule has 0 saturated heterocycles. The third-order valence-electron chi connectivity index (χ3n) is 3.90. The third-order valence-corrected chi connectivity index (χ3v) is 4.14. The topological polar surface area (TPSA) is 80.6 Å². The second-order valence-corrected chi connectivity index (χ2v) is 6.20. The smallest absolute Gasteiger partial charge is 0.291 e. The molecule has 0 aliphatic rings. The lowest BCUT2D eigenvalue weighted by Crippen LogP contribution is -2.15. The van der Waals surface area contributed by atoms with E-state index in [0.29, 0.717) is 27.7 Å². The fraction of sp³-hybridized carbons (Fsp3) is 0.100. The van der Waals surface area contributed by atoms with Gasteiger partial charge in [-0.3, -0.25) is 9.59 Å². The standard InChI is InChI=1S/C20H17ClN2O4/c1-12-5-6-13(10-15(12)22-20(25)18-4-3-9-27-18)19(24)23-16-11-14(21)7-8-17(16)26-2/h3-11H,1-2H3,(H,22,25)(H,23,24). The first-order valence-corrected chi connectivity index (χ1v) is 8.46. The molecule has 0 saturated carbocycles. The average molecular weight is 385 g/mol. The van der Waals surface area contributed by atoms with Crippen molar-refractivity contribution in [2.45, 2.75) is 6.92 Å². The Morgan fingerprint density at radius 1 is 1.00 bits per heavy atom. The minimum absolute atomic E-state index is 0.188. The quantitative estimate of drug-likeness (QED) is 0.664. The van der Waals surface area contributed by atoms with Gasteiger partial charge < -0.3 is 19.8 Å². The number of hydrogen-bond donors (Lipinski definition) is 2. The van der Waals surface area contributed by atoms with Crippen molar-refractivity contribution in [3.8, 4) is 5.75 Å². The number of amides is 2. The molecule has 0 unspecified atom stereocenters. The number of halogens is 1. The van der Waals surface area contributed by atoms with E-state index in [-0.39, 0.29) is 11.7 Å². The van der Waals surface area contributed by atoms with E-state index in [4.69, 9.17) is 20.8 Å². The summed E-state index contributed by atoms with van der Waals surface area (Å²) in [7, 11) is 1.51. The Morgan fingerprint density at radius 3 is 2.48 bits per heavy atom. The molecule has 2 N–H and O–H groups in total. The van der Waals surface area contributed by atoms with E-state index >= 15 is 0 Å². The molecule has 1 aromatic heterocycles. The lowest BCUT2D eigenvalue weighted by atomic mass is 10.1. The summed E-state index contributed by atoms with van der Waals surface area (Å²) in [4.78, 5) is 24.8. The molecule has 0 aliphatic heterocycles. The van der Waals surface area contributed by atoms with E-state index in [1.807, 2.05) is 6.92 Å². The van der Waals surface area contributed by atoms with Gasteiger partial charge in [-0.15, -0.1) is 0 Å². The van der Waals surface area contributed by atoms with Crippen LogP contribution in [0.1, 0.15) is 26.5 Å². The van der Waals surface area contributed by atoms with Crippen LogP contribution in [0.5, 0.6) is 5.75 Å². The van der Waals surface area contributed by atoms with Gasteiger partial charge in [-0.05, 0) is 55.0 Å². The number of aryl methyl sites for hydroxylation is 1. The van der Waals surface area contributed by atoms with Crippen molar-refractivity contribution < 1.29 is 18.7 Å². The van der Waals surface area contributed by atoms with Crippen molar-refractivity contribution in [2.75, 3.05) is 17.7 Å². The van der Waals surface area contributed by atoms with E-state index < -0.39 is 5.91 Å². The largest absolute Gasteiger partial charge is 0.495 e. The second kappa shape index (κ2) is 7.97. The molecule has 0 spiro atoms. The van der Waals surface area contributed by atoms with Gasteiger partial charge in [0.05, 0.1) is 19.1 Å². The molecule has 0 aliphatic carbocycles. The van der Waals surface area contributed by atoms with E-state index in [1.165, 1.54) is 13.4 Å². The minimum atomic E-state index is -0.392. The van der Waals surface area contributed by atoms with E-state index in [2.05, 4.69) is 10.6 Å². The van der Waals surface area contributed by atoms with Crippen LogP contribution in [0, 0.1) is 6.92 Å². The first-order valence-electron chi connectivity index (χ1n) is 8.08. The highest BCUT2D eigenvalue weighted by molar-refractivity contribution is 6.31. The van der Waals surface area contributed by atoms with E-state index in [9.17, 15) is 9.59 Å². The highest BCUT2D eigenvalue weighted by Gasteiger charge is 2.14. The van der Waals surface area contributed by atoms with Crippen molar-refractivity contribution in [1.29, 1.82) is 0 Å². The summed E-state index contributed by atoms with van der Waals surface area (Å²) in [6.45, 7) is 1.83. The normalized spacial score (nSPS) is 10.3. The number of anilines is 2. The summed E-state index contributed by atoms with van der Waals surface area (Å²) in [6, 6.07) is 13.2. The number of rotatable bonds is 5. The van der Waals surface area contributed by atoms with Crippen LogP contribution in [0.2, 0.25) is 5.02 Å². The van der Waals surface area contributed by atoms with Gasteiger partial charge in [-0.25, -0.2) is 0 Å². The summed E-state index contributed by atoms with van der Waals surface area (Å²) < 4.78 is 10.3. The first kappa shape index (κ1) is 18.5. The van der Waals surface area contributed by atoms with Crippen molar-refractivity contribution in [3.63, 3.8) is 0 Å². The molecule has 7 heteroatoms. The highest BCUT2D eigenvalue weighted by Crippen LogP contribution is 2.28. The molecule has 0 radical (unpaired) electrons. The number of nitrogens with one attached hydrogen (secondary N) is 2. The third kappa shape index (κ3) is 4.30. The Labute approximate surface area is 161 Å². The Kier molecular flexibility index (Phi) is 5.47. The number of ether oxygens (including phenoxy) is 1. The van der Waals surface area contributed by atoms with Crippen molar-refractivity contribution in [1.82, 2.24) is 0 Å². The van der Waals surface area contributed by atoms with Crippen LogP contribution >= 0.6 is 11.6 Å². The molecule has 1 heterocycles. The number of furan rings is 1. The Morgan fingerprint density at radius 2 is 1.78 bits per heavy atom. The summed E-state index contributed by atoms with van der Waals surface area (Å²) in [5, 5.41) is 5.98. The van der Waals surface area contributed by atoms with Gasteiger partial charge in [-0.2, -0.15) is 0 Å². The molecule has 3 aromatic rings. The van der Waals surface area contributed by atoms with Gasteiger partial charge in [-0.1, -0.05) is 17.7 Å². The maximum absolute atomic E-state index is 12.6. The number of methoxy groups -OCH3 is 1. The fourth-order valence-electron chi connectivity index (χ4n) is 2.46. The molecule has 0 bridgehead atoms. The zero-order valence-electron chi connectivity index (χ0n) is 14.7. The molecule has 2 amide bonds. The van der Waals surface area contributed by atoms with Crippen molar-refractivity contribution in [3.05, 3.63) is 76.7 Å². The molecule has 0 fully saturated rings. The summed E-state index contributed by atoms with van der Waals surface area (Å²) in [6.07, 6.45) is 1.42. The fourth-order valence-corrected chi connectivity index (χ4v) is 2.63. The zero-order valence-corrected chi connectivity index (χ0v) is 15.5. The molecular weight excluding hydrogens is 368 g/mol. The van der Waals surface area contributed by atoms with Crippen LogP contribution in [-0.2, 0) is 0 Å². The number of carbonyl (C=O) groups is 2. The maximum Gasteiger partial charge on any atom is 0.291 e. The minimum Gasteiger partial charge on any atom is -0.495 e. The van der Waals surface area contributed by atoms with Gasteiger partial charge in [0.1, 0.15) is 5.75 Å². The molecule has 27 heavy (non-hydrogen) atoms. The van der Waals surface area contributed by atoms with Gasteiger partial charge >= 0.3 is 0 Å². The van der Waals surface area contributed by atoms with E-state index in [1.54, 1.807) is 48.5 Å². The van der Waals surface area contributed by atoms with Crippen LogP contribution in [-0.4, -0.2) is 18.9 Å². The van der Waals surface area contributed by atoms with Crippen molar-refractivity contribution >= 4 is 34.8 Å². The van der Waals surface area contributed by atoms with Gasteiger partial charge in [0, 0.05) is 16.3 Å². The summed E-state index contributed by atoms with van der Waals surface area (Å²) >= 11 is 5.99. The van der Waals surface area contributed by atoms with Gasteiger partial charge in [0.15, 0.2) is 5.76 Å². The van der Waals surface area contributed by atoms with Crippen LogP contribution in [0.25, 0.3) is 0 Å². The van der Waals surface area contributed by atoms with E-state index in [0.717, 1.165) is 5.56 Å². The Balaban J connectivity index is 1.82. The second-order valence-electron chi connectivity index (χ2n) is 5.76. The molecule has 6 nitrogen and oxygen atoms in total. The summed E-state index contributed by atoms with van der Waals surface area (Å²) in [5.74, 6) is -0.0691. The molecule has 3 rings (SSSR count). The SMILES string of the molecule is COc1ccc(Cl)cc1NC(=O)c1ccc(C)c(NC(=O)c2ccco2)c1. The zero-order chi connectivity index (χ0) is 19.4. The van der Waals surface area contributed by atoms with Crippen LogP contribution in [0.3, 0.4) is 0 Å². The average Bonchev–Trinajstić information content (AvgIpc) is 3.18. The Hall–Kier alpha value is -3.25. The molecule has 0 atom stereocenters. The number of benzene rings is 2.